The normalized spacial score (nSPS) is 9.08. The molecule has 76 valence electrons. The number of carbonyl (C=O) groups is 1. The molecule has 0 aliphatic carbocycles. The van der Waals surface area contributed by atoms with Gasteiger partial charge in [-0.3, -0.25) is 10.2 Å². The molecule has 0 bridgehead atoms. The zero-order valence-corrected chi connectivity index (χ0v) is 8.14. The molecule has 0 aliphatic rings. The van der Waals surface area contributed by atoms with Crippen LogP contribution in [0.4, 0.5) is 0 Å². The van der Waals surface area contributed by atoms with Crippen LogP contribution in [-0.4, -0.2) is 32.6 Å². The maximum absolute atomic E-state index is 10.7. The lowest BCUT2D eigenvalue weighted by Gasteiger charge is -2.05. The first-order valence-electron chi connectivity index (χ1n) is 4.27. The van der Waals surface area contributed by atoms with Gasteiger partial charge >= 0.3 is 5.97 Å². The van der Waals surface area contributed by atoms with E-state index in [1.807, 2.05) is 0 Å². The van der Waals surface area contributed by atoms with Gasteiger partial charge in [-0.2, -0.15) is 0 Å². The standard InChI is InChI=1S/C8H17N3O2/c1-10-8(9)11-6-4-3-5-7(12)13-2/h3-6H2,1-2H3,(H3,9,10,11). The Hall–Kier alpha value is -1.26. The van der Waals surface area contributed by atoms with Crippen LogP contribution < -0.4 is 10.6 Å². The summed E-state index contributed by atoms with van der Waals surface area (Å²) in [6.45, 7) is 0.705. The fraction of sp³-hybridized carbons (Fsp3) is 0.750. The molecule has 0 aromatic heterocycles. The van der Waals surface area contributed by atoms with E-state index >= 15 is 0 Å². The highest BCUT2D eigenvalue weighted by molar-refractivity contribution is 5.75. The predicted molar refractivity (Wildman–Crippen MR) is 50.7 cm³/mol. The first-order valence-corrected chi connectivity index (χ1v) is 4.27. The Morgan fingerprint density at radius 2 is 2.15 bits per heavy atom. The quantitative estimate of drug-likeness (QED) is 0.246. The molecule has 0 unspecified atom stereocenters. The van der Waals surface area contributed by atoms with Crippen molar-refractivity contribution in [1.82, 2.24) is 10.6 Å². The van der Waals surface area contributed by atoms with Crippen molar-refractivity contribution in [1.29, 1.82) is 5.41 Å². The Morgan fingerprint density at radius 3 is 2.69 bits per heavy atom. The van der Waals surface area contributed by atoms with Crippen LogP contribution in [0.25, 0.3) is 0 Å². The SMILES string of the molecule is CNC(=N)NCCCCC(=O)OC. The molecule has 5 nitrogen and oxygen atoms in total. The minimum atomic E-state index is -0.177. The third-order valence-corrected chi connectivity index (χ3v) is 1.59. The second-order valence-corrected chi connectivity index (χ2v) is 2.59. The predicted octanol–water partition coefficient (Wildman–Crippen LogP) is 0.0735. The number of carbonyl (C=O) groups excluding carboxylic acids is 1. The summed E-state index contributed by atoms with van der Waals surface area (Å²) >= 11 is 0. The second-order valence-electron chi connectivity index (χ2n) is 2.59. The van der Waals surface area contributed by atoms with Crippen LogP contribution in [0.15, 0.2) is 0 Å². The number of hydrogen-bond donors (Lipinski definition) is 3. The van der Waals surface area contributed by atoms with Gasteiger partial charge in [0.15, 0.2) is 5.96 Å². The van der Waals surface area contributed by atoms with Gasteiger partial charge < -0.3 is 15.4 Å². The molecule has 0 saturated carbocycles. The first-order chi connectivity index (χ1) is 6.20. The number of rotatable bonds is 5. The van der Waals surface area contributed by atoms with Gasteiger partial charge in [0.1, 0.15) is 0 Å². The molecule has 0 heterocycles. The van der Waals surface area contributed by atoms with Crippen molar-refractivity contribution in [2.75, 3.05) is 20.7 Å². The topological polar surface area (TPSA) is 74.2 Å². The molecule has 3 N–H and O–H groups in total. The Bertz CT molecular complexity index is 153. The number of esters is 1. The van der Waals surface area contributed by atoms with Crippen LogP contribution in [-0.2, 0) is 9.53 Å². The van der Waals surface area contributed by atoms with Crippen molar-refractivity contribution in [3.8, 4) is 0 Å². The summed E-state index contributed by atoms with van der Waals surface area (Å²) in [7, 11) is 3.07. The Morgan fingerprint density at radius 1 is 1.46 bits per heavy atom. The van der Waals surface area contributed by atoms with Crippen molar-refractivity contribution in [2.45, 2.75) is 19.3 Å². The molecule has 0 aliphatic heterocycles. The maximum Gasteiger partial charge on any atom is 0.305 e. The van der Waals surface area contributed by atoms with Crippen LogP contribution >= 0.6 is 0 Å². The Balaban J connectivity index is 3.17. The van der Waals surface area contributed by atoms with E-state index in [0.717, 1.165) is 12.8 Å². The fourth-order valence-corrected chi connectivity index (χ4v) is 0.798. The van der Waals surface area contributed by atoms with Crippen LogP contribution in [0.2, 0.25) is 0 Å². The summed E-state index contributed by atoms with van der Waals surface area (Å²) in [5.74, 6) is 0.127. The number of unbranched alkanes of at least 4 members (excludes halogenated alkanes) is 1. The number of ether oxygens (including phenoxy) is 1. The van der Waals surface area contributed by atoms with Gasteiger partial charge in [0.05, 0.1) is 7.11 Å². The highest BCUT2D eigenvalue weighted by Crippen LogP contribution is 1.95. The number of hydrogen-bond acceptors (Lipinski definition) is 3. The van der Waals surface area contributed by atoms with E-state index in [1.54, 1.807) is 7.05 Å². The molecular formula is C8H17N3O2. The average molecular weight is 187 g/mol. The van der Waals surface area contributed by atoms with Gasteiger partial charge in [-0.05, 0) is 12.8 Å². The van der Waals surface area contributed by atoms with Crippen molar-refractivity contribution < 1.29 is 9.53 Å². The molecule has 0 fully saturated rings. The Labute approximate surface area is 78.4 Å². The molecule has 5 heteroatoms. The Kier molecular flexibility index (Phi) is 6.68. The van der Waals surface area contributed by atoms with Crippen molar-refractivity contribution in [3.63, 3.8) is 0 Å². The van der Waals surface area contributed by atoms with E-state index in [-0.39, 0.29) is 5.97 Å². The van der Waals surface area contributed by atoms with Gasteiger partial charge in [-0.1, -0.05) is 0 Å². The smallest absolute Gasteiger partial charge is 0.305 e. The number of methoxy groups -OCH3 is 1. The van der Waals surface area contributed by atoms with Crippen molar-refractivity contribution in [3.05, 3.63) is 0 Å². The molecule has 0 amide bonds. The van der Waals surface area contributed by atoms with E-state index in [2.05, 4.69) is 15.4 Å². The zero-order chi connectivity index (χ0) is 10.1. The summed E-state index contributed by atoms with van der Waals surface area (Å²) in [5, 5.41) is 12.7. The zero-order valence-electron chi connectivity index (χ0n) is 8.14. The van der Waals surface area contributed by atoms with E-state index < -0.39 is 0 Å². The van der Waals surface area contributed by atoms with Gasteiger partial charge in [-0.25, -0.2) is 0 Å². The lowest BCUT2D eigenvalue weighted by molar-refractivity contribution is -0.140. The van der Waals surface area contributed by atoms with E-state index in [4.69, 9.17) is 5.41 Å². The van der Waals surface area contributed by atoms with Crippen LogP contribution in [0.3, 0.4) is 0 Å². The number of guanidine groups is 1. The third-order valence-electron chi connectivity index (χ3n) is 1.59. The molecule has 0 atom stereocenters. The lowest BCUT2D eigenvalue weighted by Crippen LogP contribution is -2.34. The maximum atomic E-state index is 10.7. The summed E-state index contributed by atoms with van der Waals surface area (Å²) in [4.78, 5) is 10.7. The van der Waals surface area contributed by atoms with E-state index in [0.29, 0.717) is 18.9 Å². The molecule has 0 rings (SSSR count). The van der Waals surface area contributed by atoms with Gasteiger partial charge in [0.25, 0.3) is 0 Å². The summed E-state index contributed by atoms with van der Waals surface area (Å²) in [6.07, 6.45) is 2.10. The van der Waals surface area contributed by atoms with E-state index in [1.165, 1.54) is 7.11 Å². The van der Waals surface area contributed by atoms with Crippen LogP contribution in [0, 0.1) is 5.41 Å². The fourth-order valence-electron chi connectivity index (χ4n) is 0.798. The highest BCUT2D eigenvalue weighted by Gasteiger charge is 1.98. The number of nitrogens with one attached hydrogen (secondary N) is 3. The molecule has 0 saturated heterocycles. The molecule has 13 heavy (non-hydrogen) atoms. The summed E-state index contributed by atoms with van der Waals surface area (Å²) < 4.78 is 4.49. The summed E-state index contributed by atoms with van der Waals surface area (Å²) in [6, 6.07) is 0. The largest absolute Gasteiger partial charge is 0.469 e. The van der Waals surface area contributed by atoms with Crippen molar-refractivity contribution in [2.24, 2.45) is 0 Å². The van der Waals surface area contributed by atoms with Crippen molar-refractivity contribution >= 4 is 11.9 Å². The molecule has 0 spiro atoms. The first kappa shape index (κ1) is 11.7. The van der Waals surface area contributed by atoms with Gasteiger partial charge in [0.2, 0.25) is 0 Å². The van der Waals surface area contributed by atoms with Crippen LogP contribution in [0.1, 0.15) is 19.3 Å². The minimum Gasteiger partial charge on any atom is -0.469 e. The average Bonchev–Trinajstić information content (AvgIpc) is 2.16. The van der Waals surface area contributed by atoms with Crippen LogP contribution in [0.5, 0.6) is 0 Å². The monoisotopic (exact) mass is 187 g/mol. The molecular weight excluding hydrogens is 170 g/mol. The van der Waals surface area contributed by atoms with Gasteiger partial charge in [0, 0.05) is 20.0 Å². The molecule has 0 radical (unpaired) electrons. The van der Waals surface area contributed by atoms with E-state index in [9.17, 15) is 4.79 Å². The van der Waals surface area contributed by atoms with Gasteiger partial charge in [-0.15, -0.1) is 0 Å². The third kappa shape index (κ3) is 7.11. The summed E-state index contributed by atoms with van der Waals surface area (Å²) in [5.41, 5.74) is 0. The second kappa shape index (κ2) is 7.39. The highest BCUT2D eigenvalue weighted by atomic mass is 16.5. The molecule has 0 aromatic carbocycles. The minimum absolute atomic E-state index is 0.177. The molecule has 0 aromatic rings. The lowest BCUT2D eigenvalue weighted by atomic mass is 10.2.